The number of likely N-dealkylation sites (tertiary alicyclic amines) is 1. The van der Waals surface area contributed by atoms with Gasteiger partial charge in [0.05, 0.1) is 11.6 Å². The summed E-state index contributed by atoms with van der Waals surface area (Å²) in [6, 6.07) is 4.12. The van der Waals surface area contributed by atoms with Crippen LogP contribution < -0.4 is 0 Å². The first-order valence-electron chi connectivity index (χ1n) is 7.90. The fourth-order valence-corrected chi connectivity index (χ4v) is 3.58. The Morgan fingerprint density at radius 2 is 2.17 bits per heavy atom. The zero-order chi connectivity index (χ0) is 16.8. The highest BCUT2D eigenvalue weighted by Gasteiger charge is 2.34. The number of H-pyrrole nitrogens is 1. The van der Waals surface area contributed by atoms with Crippen LogP contribution in [0.15, 0.2) is 16.7 Å². The van der Waals surface area contributed by atoms with E-state index in [4.69, 9.17) is 4.74 Å². The fourth-order valence-electron chi connectivity index (χ4n) is 3.09. The number of aryl methyl sites for hydroxylation is 1. The lowest BCUT2D eigenvalue weighted by Gasteiger charge is -2.28. The van der Waals surface area contributed by atoms with E-state index in [1.54, 1.807) is 0 Å². The van der Waals surface area contributed by atoms with E-state index >= 15 is 0 Å². The van der Waals surface area contributed by atoms with Gasteiger partial charge in [-0.15, -0.1) is 0 Å². The molecule has 0 aromatic carbocycles. The Balaban J connectivity index is 1.91. The van der Waals surface area contributed by atoms with Crippen molar-refractivity contribution in [1.29, 1.82) is 0 Å². The van der Waals surface area contributed by atoms with Crippen LogP contribution in [0, 0.1) is 6.92 Å². The number of hydrogen-bond acceptors (Lipinski definition) is 3. The monoisotopic (exact) mass is 379 g/mol. The first-order chi connectivity index (χ1) is 10.7. The number of carbonyl (C=O) groups excluding carboxylic acids is 1. The van der Waals surface area contributed by atoms with Gasteiger partial charge in [0.1, 0.15) is 10.2 Å². The average Bonchev–Trinajstić information content (AvgIpc) is 3.00. The van der Waals surface area contributed by atoms with Gasteiger partial charge in [-0.2, -0.15) is 0 Å². The summed E-state index contributed by atoms with van der Waals surface area (Å²) in [5.41, 5.74) is 2.58. The Labute approximate surface area is 144 Å². The van der Waals surface area contributed by atoms with E-state index in [9.17, 15) is 4.79 Å². The van der Waals surface area contributed by atoms with Gasteiger partial charge in [0, 0.05) is 23.3 Å². The number of amides is 1. The maximum absolute atomic E-state index is 12.5. The third kappa shape index (κ3) is 3.37. The number of aromatic nitrogens is 2. The van der Waals surface area contributed by atoms with Gasteiger partial charge in [-0.3, -0.25) is 4.90 Å². The van der Waals surface area contributed by atoms with Crippen LogP contribution in [0.5, 0.6) is 0 Å². The first kappa shape index (κ1) is 16.3. The Morgan fingerprint density at radius 1 is 1.43 bits per heavy atom. The normalized spacial score (nSPS) is 18.7. The molecule has 1 aliphatic heterocycles. The Morgan fingerprint density at radius 3 is 2.87 bits per heavy atom. The summed E-state index contributed by atoms with van der Waals surface area (Å²) in [6.45, 7) is 8.41. The molecule has 0 aliphatic carbocycles. The molecule has 3 heterocycles. The van der Waals surface area contributed by atoms with Crippen LogP contribution in [0.25, 0.3) is 10.9 Å². The molecule has 6 heteroatoms. The molecule has 1 N–H and O–H groups in total. The summed E-state index contributed by atoms with van der Waals surface area (Å²) in [7, 11) is 0. The molecule has 1 atom stereocenters. The van der Waals surface area contributed by atoms with E-state index in [1.165, 1.54) is 0 Å². The Bertz CT molecular complexity index is 748. The number of ether oxygens (including phenoxy) is 1. The van der Waals surface area contributed by atoms with Crippen LogP contribution in [-0.2, 0) is 4.74 Å². The summed E-state index contributed by atoms with van der Waals surface area (Å²) >= 11 is 3.43. The minimum atomic E-state index is -0.476. The second-order valence-corrected chi connectivity index (χ2v) is 7.86. The number of hydrogen-bond donors (Lipinski definition) is 1. The molecule has 23 heavy (non-hydrogen) atoms. The minimum Gasteiger partial charge on any atom is -0.444 e. The standard InChI is InChI=1S/C17H22BrN3O2/c1-10-11-8-13(20-12(11)9-15(18)19-10)14-6-5-7-21(14)16(22)23-17(2,3)4/h8-9,14,20H,5-7H2,1-4H3. The number of halogens is 1. The number of rotatable bonds is 1. The molecule has 2 aromatic heterocycles. The van der Waals surface area contributed by atoms with Crippen molar-refractivity contribution in [3.05, 3.63) is 28.1 Å². The Kier molecular flexibility index (Phi) is 4.12. The largest absolute Gasteiger partial charge is 0.444 e. The van der Waals surface area contributed by atoms with Crippen molar-refractivity contribution in [1.82, 2.24) is 14.9 Å². The maximum Gasteiger partial charge on any atom is 0.410 e. The van der Waals surface area contributed by atoms with Crippen molar-refractivity contribution in [3.8, 4) is 0 Å². The first-order valence-corrected chi connectivity index (χ1v) is 8.69. The highest BCUT2D eigenvalue weighted by atomic mass is 79.9. The molecule has 0 bridgehead atoms. The van der Waals surface area contributed by atoms with Crippen LogP contribution in [-0.4, -0.2) is 33.1 Å². The SMILES string of the molecule is Cc1nc(Br)cc2[nH]c(C3CCCN3C(=O)OC(C)(C)C)cc12. The predicted molar refractivity (Wildman–Crippen MR) is 93.4 cm³/mol. The van der Waals surface area contributed by atoms with Crippen molar-refractivity contribution in [2.45, 2.75) is 52.2 Å². The van der Waals surface area contributed by atoms with E-state index in [0.717, 1.165) is 46.3 Å². The van der Waals surface area contributed by atoms with Crippen LogP contribution in [0.4, 0.5) is 4.79 Å². The second kappa shape index (κ2) is 5.82. The van der Waals surface area contributed by atoms with Crippen LogP contribution >= 0.6 is 15.9 Å². The van der Waals surface area contributed by atoms with Gasteiger partial charge in [0.25, 0.3) is 0 Å². The summed E-state index contributed by atoms with van der Waals surface area (Å²) in [5.74, 6) is 0. The van der Waals surface area contributed by atoms with E-state index in [-0.39, 0.29) is 12.1 Å². The average molecular weight is 380 g/mol. The lowest BCUT2D eigenvalue weighted by Crippen LogP contribution is -2.36. The van der Waals surface area contributed by atoms with Crippen LogP contribution in [0.1, 0.15) is 51.0 Å². The second-order valence-electron chi connectivity index (χ2n) is 7.05. The van der Waals surface area contributed by atoms with Gasteiger partial charge in [-0.25, -0.2) is 9.78 Å². The third-order valence-corrected chi connectivity index (χ3v) is 4.44. The van der Waals surface area contributed by atoms with Crippen molar-refractivity contribution in [2.24, 2.45) is 0 Å². The smallest absolute Gasteiger partial charge is 0.410 e. The third-order valence-electron chi connectivity index (χ3n) is 4.04. The highest BCUT2D eigenvalue weighted by molar-refractivity contribution is 9.10. The summed E-state index contributed by atoms with van der Waals surface area (Å²) < 4.78 is 6.35. The molecule has 1 fully saturated rings. The number of nitrogens with zero attached hydrogens (tertiary/aromatic N) is 2. The topological polar surface area (TPSA) is 58.2 Å². The number of carbonyl (C=O) groups is 1. The zero-order valence-corrected chi connectivity index (χ0v) is 15.5. The van der Waals surface area contributed by atoms with E-state index in [2.05, 4.69) is 32.0 Å². The molecule has 1 aliphatic rings. The van der Waals surface area contributed by atoms with Crippen molar-refractivity contribution >= 4 is 32.9 Å². The molecule has 2 aromatic rings. The molecule has 1 amide bonds. The summed E-state index contributed by atoms with van der Waals surface area (Å²) in [4.78, 5) is 22.2. The van der Waals surface area contributed by atoms with E-state index in [1.807, 2.05) is 38.7 Å². The van der Waals surface area contributed by atoms with E-state index in [0.29, 0.717) is 0 Å². The van der Waals surface area contributed by atoms with Gasteiger partial charge in [0.2, 0.25) is 0 Å². The molecule has 1 saturated heterocycles. The van der Waals surface area contributed by atoms with Crippen molar-refractivity contribution in [2.75, 3.05) is 6.54 Å². The van der Waals surface area contributed by atoms with Gasteiger partial charge in [0.15, 0.2) is 0 Å². The van der Waals surface area contributed by atoms with Gasteiger partial charge in [-0.1, -0.05) is 0 Å². The zero-order valence-electron chi connectivity index (χ0n) is 13.9. The fraction of sp³-hybridized carbons (Fsp3) is 0.529. The van der Waals surface area contributed by atoms with Gasteiger partial charge < -0.3 is 9.72 Å². The lowest BCUT2D eigenvalue weighted by atomic mass is 10.1. The molecular weight excluding hydrogens is 358 g/mol. The van der Waals surface area contributed by atoms with E-state index < -0.39 is 5.60 Å². The Hall–Kier alpha value is -1.56. The van der Waals surface area contributed by atoms with Crippen LogP contribution in [0.3, 0.4) is 0 Å². The summed E-state index contributed by atoms with van der Waals surface area (Å²) in [6.07, 6.45) is 1.69. The molecule has 0 spiro atoms. The summed E-state index contributed by atoms with van der Waals surface area (Å²) in [5, 5.41) is 1.10. The van der Waals surface area contributed by atoms with Crippen molar-refractivity contribution < 1.29 is 9.53 Å². The maximum atomic E-state index is 12.5. The quantitative estimate of drug-likeness (QED) is 0.730. The number of pyridine rings is 1. The lowest BCUT2D eigenvalue weighted by molar-refractivity contribution is 0.0222. The molecular formula is C17H22BrN3O2. The molecule has 1 unspecified atom stereocenters. The van der Waals surface area contributed by atoms with Gasteiger partial charge >= 0.3 is 6.09 Å². The molecule has 0 saturated carbocycles. The van der Waals surface area contributed by atoms with Gasteiger partial charge in [-0.05, 0) is 68.6 Å². The molecule has 0 radical (unpaired) electrons. The predicted octanol–water partition coefficient (Wildman–Crippen LogP) is 4.71. The molecule has 5 nitrogen and oxygen atoms in total. The number of nitrogens with one attached hydrogen (secondary N) is 1. The molecule has 3 rings (SSSR count). The highest BCUT2D eigenvalue weighted by Crippen LogP contribution is 2.35. The molecule has 124 valence electrons. The number of aromatic amines is 1. The minimum absolute atomic E-state index is 0.0374. The number of fused-ring (bicyclic) bond motifs is 1. The van der Waals surface area contributed by atoms with Crippen LogP contribution in [0.2, 0.25) is 0 Å². The van der Waals surface area contributed by atoms with Crippen molar-refractivity contribution in [3.63, 3.8) is 0 Å².